The van der Waals surface area contributed by atoms with Crippen LogP contribution in [0.2, 0.25) is 0 Å². The number of aryl methyl sites for hydroxylation is 1. The third-order valence-electron chi connectivity index (χ3n) is 4.91. The highest BCUT2D eigenvalue weighted by Gasteiger charge is 2.22. The second-order valence-electron chi connectivity index (χ2n) is 6.80. The number of halogens is 2. The third kappa shape index (κ3) is 4.64. The summed E-state index contributed by atoms with van der Waals surface area (Å²) in [4.78, 5) is 25.2. The number of piperazine rings is 1. The fourth-order valence-electron chi connectivity index (χ4n) is 3.32. The Kier molecular flexibility index (Phi) is 5.89. The molecule has 4 rings (SSSR count). The largest absolute Gasteiger partial charge is 0.441 e. The molecule has 0 radical (unpaired) electrons. The van der Waals surface area contributed by atoms with Crippen LogP contribution in [-0.2, 0) is 11.2 Å². The van der Waals surface area contributed by atoms with E-state index in [9.17, 15) is 9.18 Å². The average molecular weight is 459 g/mol. The summed E-state index contributed by atoms with van der Waals surface area (Å²) in [6, 6.07) is 10.3. The maximum absolute atomic E-state index is 13.9. The van der Waals surface area contributed by atoms with Gasteiger partial charge in [0.25, 0.3) is 0 Å². The van der Waals surface area contributed by atoms with Crippen LogP contribution in [-0.4, -0.2) is 47.0 Å². The van der Waals surface area contributed by atoms with Crippen molar-refractivity contribution in [3.05, 3.63) is 65.0 Å². The maximum atomic E-state index is 13.9. The highest BCUT2D eigenvalue weighted by Crippen LogP contribution is 2.24. The molecule has 1 fully saturated rings. The normalized spacial score (nSPS) is 14.3. The molecule has 0 aliphatic carbocycles. The number of aromatic nitrogens is 2. The minimum atomic E-state index is -0.357. The second kappa shape index (κ2) is 8.73. The number of amides is 1. The van der Waals surface area contributed by atoms with Crippen molar-refractivity contribution in [3.8, 4) is 11.3 Å². The summed E-state index contributed by atoms with van der Waals surface area (Å²) in [5, 5.41) is 0. The van der Waals surface area contributed by atoms with Gasteiger partial charge < -0.3 is 14.2 Å². The van der Waals surface area contributed by atoms with E-state index < -0.39 is 0 Å². The van der Waals surface area contributed by atoms with Crippen LogP contribution in [0.5, 0.6) is 0 Å². The van der Waals surface area contributed by atoms with Crippen LogP contribution in [0.1, 0.15) is 12.3 Å². The van der Waals surface area contributed by atoms with Crippen molar-refractivity contribution in [2.75, 3.05) is 31.1 Å². The van der Waals surface area contributed by atoms with E-state index in [2.05, 4.69) is 30.8 Å². The van der Waals surface area contributed by atoms with Crippen molar-refractivity contribution < 1.29 is 13.6 Å². The third-order valence-corrected chi connectivity index (χ3v) is 5.38. The number of benzene rings is 1. The summed E-state index contributed by atoms with van der Waals surface area (Å²) in [5.74, 6) is 1.44. The van der Waals surface area contributed by atoms with Crippen molar-refractivity contribution in [2.45, 2.75) is 12.8 Å². The summed E-state index contributed by atoms with van der Waals surface area (Å²) in [6.45, 7) is 2.80. The van der Waals surface area contributed by atoms with Gasteiger partial charge in [0.05, 0.1) is 11.8 Å². The highest BCUT2D eigenvalue weighted by atomic mass is 79.9. The minimum absolute atomic E-state index is 0.0686. The van der Waals surface area contributed by atoms with Gasteiger partial charge in [-0.15, -0.1) is 0 Å². The Hall–Kier alpha value is -2.74. The molecule has 3 aromatic rings. The Balaban J connectivity index is 1.29. The number of hydrogen-bond donors (Lipinski definition) is 0. The van der Waals surface area contributed by atoms with E-state index in [1.165, 1.54) is 12.3 Å². The van der Waals surface area contributed by atoms with Gasteiger partial charge in [0, 0.05) is 49.7 Å². The van der Waals surface area contributed by atoms with Gasteiger partial charge in [-0.2, -0.15) is 0 Å². The predicted molar refractivity (Wildman–Crippen MR) is 111 cm³/mol. The molecule has 3 heterocycles. The zero-order valence-electron chi connectivity index (χ0n) is 15.7. The molecule has 8 heteroatoms. The summed E-state index contributed by atoms with van der Waals surface area (Å²) >= 11 is 3.39. The number of pyridine rings is 1. The molecule has 29 heavy (non-hydrogen) atoms. The Bertz CT molecular complexity index is 984. The van der Waals surface area contributed by atoms with Gasteiger partial charge in [-0.1, -0.05) is 12.1 Å². The quantitative estimate of drug-likeness (QED) is 0.579. The van der Waals surface area contributed by atoms with Gasteiger partial charge in [-0.25, -0.2) is 14.4 Å². The molecule has 1 aromatic carbocycles. The SMILES string of the molecule is O=C(CCc1ncc(-c2ccccc2F)o1)N1CCN(c2ccc(Br)cn2)CC1. The molecule has 0 saturated carbocycles. The molecular weight excluding hydrogens is 439 g/mol. The fraction of sp³-hybridized carbons (Fsp3) is 0.286. The molecule has 1 aliphatic heterocycles. The van der Waals surface area contributed by atoms with Gasteiger partial charge in [0.2, 0.25) is 5.91 Å². The average Bonchev–Trinajstić information content (AvgIpc) is 3.22. The van der Waals surface area contributed by atoms with Gasteiger partial charge in [0.1, 0.15) is 11.6 Å². The van der Waals surface area contributed by atoms with Crippen LogP contribution in [0.3, 0.4) is 0 Å². The van der Waals surface area contributed by atoms with Crippen LogP contribution in [0.25, 0.3) is 11.3 Å². The van der Waals surface area contributed by atoms with E-state index >= 15 is 0 Å². The van der Waals surface area contributed by atoms with E-state index in [1.807, 2.05) is 17.0 Å². The molecule has 0 unspecified atom stereocenters. The van der Waals surface area contributed by atoms with Gasteiger partial charge >= 0.3 is 0 Å². The molecule has 0 N–H and O–H groups in total. The molecule has 1 saturated heterocycles. The zero-order valence-corrected chi connectivity index (χ0v) is 17.3. The van der Waals surface area contributed by atoms with E-state index in [0.717, 1.165) is 23.4 Å². The van der Waals surface area contributed by atoms with E-state index in [1.54, 1.807) is 24.4 Å². The first kappa shape index (κ1) is 19.6. The predicted octanol–water partition coefficient (Wildman–Crippen LogP) is 3.92. The first-order chi connectivity index (χ1) is 14.1. The molecule has 2 aromatic heterocycles. The smallest absolute Gasteiger partial charge is 0.223 e. The van der Waals surface area contributed by atoms with E-state index in [4.69, 9.17) is 4.42 Å². The number of carbonyl (C=O) groups is 1. The molecule has 150 valence electrons. The molecule has 6 nitrogen and oxygen atoms in total. The molecule has 0 atom stereocenters. The first-order valence-electron chi connectivity index (χ1n) is 9.44. The summed E-state index contributed by atoms with van der Waals surface area (Å²) in [6.07, 6.45) is 3.98. The lowest BCUT2D eigenvalue weighted by Crippen LogP contribution is -2.49. The van der Waals surface area contributed by atoms with Crippen LogP contribution < -0.4 is 4.90 Å². The standard InChI is InChI=1S/C21H20BrFN4O2/c22-15-5-6-19(24-13-15)26-9-11-27(12-10-26)21(28)8-7-20-25-14-18(29-20)16-3-1-2-4-17(16)23/h1-6,13-14H,7-12H2. The van der Waals surface area contributed by atoms with Crippen LogP contribution in [0.15, 0.2) is 57.7 Å². The lowest BCUT2D eigenvalue weighted by molar-refractivity contribution is -0.131. The van der Waals surface area contributed by atoms with Crippen molar-refractivity contribution in [1.82, 2.24) is 14.9 Å². The Labute approximate surface area is 176 Å². The fourth-order valence-corrected chi connectivity index (χ4v) is 3.56. The second-order valence-corrected chi connectivity index (χ2v) is 7.72. The number of rotatable bonds is 5. The number of nitrogens with zero attached hydrogens (tertiary/aromatic N) is 4. The Morgan fingerprint density at radius 3 is 2.59 bits per heavy atom. The van der Waals surface area contributed by atoms with Crippen LogP contribution >= 0.6 is 15.9 Å². The Morgan fingerprint density at radius 1 is 1.07 bits per heavy atom. The van der Waals surface area contributed by atoms with Gasteiger partial charge in [0.15, 0.2) is 11.7 Å². The van der Waals surface area contributed by atoms with Crippen LogP contribution in [0.4, 0.5) is 10.2 Å². The summed E-state index contributed by atoms with van der Waals surface area (Å²) < 4.78 is 20.4. The first-order valence-corrected chi connectivity index (χ1v) is 10.2. The van der Waals surface area contributed by atoms with Crippen molar-refractivity contribution in [3.63, 3.8) is 0 Å². The zero-order chi connectivity index (χ0) is 20.2. The van der Waals surface area contributed by atoms with Crippen LogP contribution in [0, 0.1) is 5.82 Å². The van der Waals surface area contributed by atoms with E-state index in [0.29, 0.717) is 43.1 Å². The monoisotopic (exact) mass is 458 g/mol. The number of anilines is 1. The molecule has 1 amide bonds. The molecule has 0 bridgehead atoms. The number of hydrogen-bond acceptors (Lipinski definition) is 5. The topological polar surface area (TPSA) is 62.5 Å². The van der Waals surface area contributed by atoms with Crippen molar-refractivity contribution in [1.29, 1.82) is 0 Å². The Morgan fingerprint density at radius 2 is 1.86 bits per heavy atom. The molecule has 1 aliphatic rings. The van der Waals surface area contributed by atoms with E-state index in [-0.39, 0.29) is 11.7 Å². The van der Waals surface area contributed by atoms with Crippen molar-refractivity contribution >= 4 is 27.7 Å². The highest BCUT2D eigenvalue weighted by molar-refractivity contribution is 9.10. The molecular formula is C21H20BrFN4O2. The maximum Gasteiger partial charge on any atom is 0.223 e. The van der Waals surface area contributed by atoms with Crippen molar-refractivity contribution in [2.24, 2.45) is 0 Å². The number of oxazole rings is 1. The summed E-state index contributed by atoms with van der Waals surface area (Å²) in [5.41, 5.74) is 0.371. The van der Waals surface area contributed by atoms with Gasteiger partial charge in [-0.05, 0) is 40.2 Å². The molecule has 0 spiro atoms. The van der Waals surface area contributed by atoms with Gasteiger partial charge in [-0.3, -0.25) is 4.79 Å². The minimum Gasteiger partial charge on any atom is -0.441 e. The lowest BCUT2D eigenvalue weighted by Gasteiger charge is -2.35. The lowest BCUT2D eigenvalue weighted by atomic mass is 10.2. The summed E-state index contributed by atoms with van der Waals surface area (Å²) in [7, 11) is 0. The number of carbonyl (C=O) groups excluding carboxylic acids is 1.